The number of piperidine rings is 1. The summed E-state index contributed by atoms with van der Waals surface area (Å²) in [5.41, 5.74) is 13.8. The maximum Gasteiger partial charge on any atom is 0.0425 e. The third kappa shape index (κ3) is 9.20. The number of hydrogen-bond acceptors (Lipinski definition) is 3. The van der Waals surface area contributed by atoms with Crippen LogP contribution in [0.3, 0.4) is 0 Å². The van der Waals surface area contributed by atoms with Crippen molar-refractivity contribution in [2.24, 2.45) is 0 Å². The van der Waals surface area contributed by atoms with Crippen molar-refractivity contribution in [3.63, 3.8) is 0 Å². The molecule has 3 aliphatic rings. The Morgan fingerprint density at radius 3 is 2.26 bits per heavy atom. The van der Waals surface area contributed by atoms with Crippen LogP contribution in [0.1, 0.15) is 126 Å². The molecule has 0 aromatic heterocycles. The average molecular weight is 632 g/mol. The van der Waals surface area contributed by atoms with E-state index in [9.17, 15) is 0 Å². The molecular weight excluding hydrogens is 571 g/mol. The zero-order valence-corrected chi connectivity index (χ0v) is 30.2. The average Bonchev–Trinajstić information content (AvgIpc) is 3.06. The second-order valence-corrected chi connectivity index (χ2v) is 15.2. The van der Waals surface area contributed by atoms with Crippen LogP contribution in [0.25, 0.3) is 0 Å². The van der Waals surface area contributed by atoms with E-state index in [1.54, 1.807) is 5.56 Å². The highest BCUT2D eigenvalue weighted by Gasteiger charge is 2.24. The smallest absolute Gasteiger partial charge is 0.0425 e. The molecular formula is C44H61N3. The van der Waals surface area contributed by atoms with Crippen molar-refractivity contribution in [3.8, 4) is 0 Å². The summed E-state index contributed by atoms with van der Waals surface area (Å²) < 4.78 is 0. The highest BCUT2D eigenvalue weighted by molar-refractivity contribution is 5.69. The molecule has 5 rings (SSSR count). The maximum absolute atomic E-state index is 4.44. The van der Waals surface area contributed by atoms with Crippen molar-refractivity contribution in [1.29, 1.82) is 0 Å². The third-order valence-corrected chi connectivity index (χ3v) is 10.7. The highest BCUT2D eigenvalue weighted by atomic mass is 15.1. The number of allylic oxidation sites excluding steroid dienone is 4. The van der Waals surface area contributed by atoms with Gasteiger partial charge in [-0.2, -0.15) is 0 Å². The first-order valence-corrected chi connectivity index (χ1v) is 18.6. The molecule has 252 valence electrons. The predicted molar refractivity (Wildman–Crippen MR) is 204 cm³/mol. The molecule has 3 nitrogen and oxygen atoms in total. The molecule has 1 fully saturated rings. The number of benzene rings is 2. The molecule has 1 saturated heterocycles. The van der Waals surface area contributed by atoms with E-state index in [4.69, 9.17) is 0 Å². The second-order valence-electron chi connectivity index (χ2n) is 15.2. The number of anilines is 1. The Bertz CT molecular complexity index is 1490. The SMILES string of the molecule is C=C(Nc1cc(C)c(CCCCCCCCc2ccc(C3CCN(CC)CC3)cc2)cc1C(C)(C)C)C1=CNC2=CCCC=C2C1=C. The second kappa shape index (κ2) is 16.2. The van der Waals surface area contributed by atoms with Crippen LogP contribution in [0.2, 0.25) is 0 Å². The van der Waals surface area contributed by atoms with E-state index in [0.29, 0.717) is 0 Å². The van der Waals surface area contributed by atoms with Gasteiger partial charge in [-0.15, -0.1) is 0 Å². The number of fused-ring (bicyclic) bond motifs is 1. The van der Waals surface area contributed by atoms with E-state index in [1.165, 1.54) is 111 Å². The van der Waals surface area contributed by atoms with Crippen molar-refractivity contribution in [2.45, 2.75) is 123 Å². The summed E-state index contributed by atoms with van der Waals surface area (Å²) in [6.07, 6.45) is 21.6. The fourth-order valence-corrected chi connectivity index (χ4v) is 7.62. The Morgan fingerprint density at radius 1 is 0.915 bits per heavy atom. The molecule has 0 saturated carbocycles. The summed E-state index contributed by atoms with van der Waals surface area (Å²) >= 11 is 0. The van der Waals surface area contributed by atoms with Crippen LogP contribution >= 0.6 is 0 Å². The van der Waals surface area contributed by atoms with Gasteiger partial charge >= 0.3 is 0 Å². The normalized spacial score (nSPS) is 17.4. The molecule has 0 atom stereocenters. The van der Waals surface area contributed by atoms with E-state index in [-0.39, 0.29) is 5.41 Å². The van der Waals surface area contributed by atoms with Crippen molar-refractivity contribution in [1.82, 2.24) is 10.2 Å². The molecule has 0 radical (unpaired) electrons. The van der Waals surface area contributed by atoms with E-state index >= 15 is 0 Å². The minimum absolute atomic E-state index is 0.0237. The van der Waals surface area contributed by atoms with E-state index in [2.05, 4.69) is 118 Å². The number of likely N-dealkylation sites (tertiary alicyclic amines) is 1. The Kier molecular flexibility index (Phi) is 12.1. The van der Waals surface area contributed by atoms with E-state index in [1.807, 2.05) is 0 Å². The van der Waals surface area contributed by atoms with Crippen LogP contribution in [0, 0.1) is 6.92 Å². The molecule has 2 aromatic rings. The van der Waals surface area contributed by atoms with Gasteiger partial charge in [0.05, 0.1) is 0 Å². The molecule has 0 unspecified atom stereocenters. The lowest BCUT2D eigenvalue weighted by Crippen LogP contribution is -2.32. The number of nitrogens with zero attached hydrogens (tertiary/aromatic N) is 1. The lowest BCUT2D eigenvalue weighted by Gasteiger charge is -2.31. The lowest BCUT2D eigenvalue weighted by molar-refractivity contribution is 0.222. The summed E-state index contributed by atoms with van der Waals surface area (Å²) in [5, 5.41) is 7.17. The molecule has 0 amide bonds. The zero-order chi connectivity index (χ0) is 33.4. The number of aryl methyl sites for hydroxylation is 3. The van der Waals surface area contributed by atoms with Crippen LogP contribution < -0.4 is 10.6 Å². The first-order valence-electron chi connectivity index (χ1n) is 18.6. The van der Waals surface area contributed by atoms with E-state index < -0.39 is 0 Å². The maximum atomic E-state index is 4.44. The fraction of sp³-hybridized carbons (Fsp3) is 0.500. The van der Waals surface area contributed by atoms with Crippen molar-refractivity contribution >= 4 is 5.69 Å². The van der Waals surface area contributed by atoms with Gasteiger partial charge in [0.2, 0.25) is 0 Å². The van der Waals surface area contributed by atoms with Crippen molar-refractivity contribution < 1.29 is 0 Å². The number of rotatable bonds is 14. The monoisotopic (exact) mass is 631 g/mol. The molecule has 2 aromatic carbocycles. The van der Waals surface area contributed by atoms with Crippen LogP contribution in [-0.4, -0.2) is 24.5 Å². The number of hydrogen-bond donors (Lipinski definition) is 2. The van der Waals surface area contributed by atoms with E-state index in [0.717, 1.165) is 47.7 Å². The molecule has 1 aliphatic carbocycles. The Labute approximate surface area is 287 Å². The fourth-order valence-electron chi connectivity index (χ4n) is 7.62. The van der Waals surface area contributed by atoms with Crippen molar-refractivity contribution in [2.75, 3.05) is 25.0 Å². The first-order chi connectivity index (χ1) is 22.6. The van der Waals surface area contributed by atoms with Gasteiger partial charge in [-0.1, -0.05) is 109 Å². The largest absolute Gasteiger partial charge is 0.361 e. The highest BCUT2D eigenvalue weighted by Crippen LogP contribution is 2.37. The third-order valence-electron chi connectivity index (χ3n) is 10.7. The number of nitrogens with one attached hydrogen (secondary N) is 2. The standard InChI is InChI=1S/C44H61N3/c1-8-47-27-25-37(26-28-47)36-23-21-35(22-24-36)17-13-11-9-10-12-14-18-38-30-41(44(5,6)7)43(29-32(38)2)46-34(4)40-31-45-42-20-16-15-19-39(42)33(40)3/h19-24,29-31,37,45-46H,3-4,8-18,25-28H2,1-2,5-7H3. The molecule has 2 N–H and O–H groups in total. The summed E-state index contributed by atoms with van der Waals surface area (Å²) in [7, 11) is 0. The molecule has 0 bridgehead atoms. The van der Waals surface area contributed by atoms with Gasteiger partial charge < -0.3 is 15.5 Å². The van der Waals surface area contributed by atoms with Crippen molar-refractivity contribution in [3.05, 3.63) is 124 Å². The predicted octanol–water partition coefficient (Wildman–Crippen LogP) is 11.2. The van der Waals surface area contributed by atoms with Crippen LogP contribution in [-0.2, 0) is 18.3 Å². The van der Waals surface area contributed by atoms with Gasteiger partial charge in [-0.3, -0.25) is 0 Å². The van der Waals surface area contributed by atoms with Crippen LogP contribution in [0.4, 0.5) is 5.69 Å². The zero-order valence-electron chi connectivity index (χ0n) is 30.2. The minimum atomic E-state index is 0.0237. The van der Waals surface area contributed by atoms with Gasteiger partial charge in [0.1, 0.15) is 0 Å². The summed E-state index contributed by atoms with van der Waals surface area (Å²) in [6, 6.07) is 14.4. The Hall–Kier alpha value is -3.30. The van der Waals surface area contributed by atoms with Gasteiger partial charge in [-0.05, 0) is 129 Å². The first kappa shape index (κ1) is 35.0. The topological polar surface area (TPSA) is 27.3 Å². The molecule has 0 spiro atoms. The lowest BCUT2D eigenvalue weighted by atomic mass is 9.82. The summed E-state index contributed by atoms with van der Waals surface area (Å²) in [5.74, 6) is 0.758. The molecule has 47 heavy (non-hydrogen) atoms. The molecule has 3 heteroatoms. The quantitative estimate of drug-likeness (QED) is 0.203. The Morgan fingerprint density at radius 2 is 1.57 bits per heavy atom. The van der Waals surface area contributed by atoms with Crippen LogP contribution in [0.15, 0.2) is 96.0 Å². The number of unbranched alkanes of at least 4 members (excludes halogenated alkanes) is 5. The van der Waals surface area contributed by atoms with Gasteiger partial charge in [0.25, 0.3) is 0 Å². The molecule has 2 heterocycles. The van der Waals surface area contributed by atoms with Gasteiger partial charge in [0, 0.05) is 34.4 Å². The summed E-state index contributed by atoms with van der Waals surface area (Å²) in [4.78, 5) is 2.58. The molecule has 2 aliphatic heterocycles. The minimum Gasteiger partial charge on any atom is -0.361 e. The van der Waals surface area contributed by atoms with Gasteiger partial charge in [-0.25, -0.2) is 0 Å². The van der Waals surface area contributed by atoms with Crippen LogP contribution in [0.5, 0.6) is 0 Å². The summed E-state index contributed by atoms with van der Waals surface area (Å²) in [6.45, 7) is 24.1. The van der Waals surface area contributed by atoms with Gasteiger partial charge in [0.15, 0.2) is 0 Å². The Balaban J connectivity index is 1.05.